The summed E-state index contributed by atoms with van der Waals surface area (Å²) in [6.07, 6.45) is -7.02. The van der Waals surface area contributed by atoms with Gasteiger partial charge in [0.2, 0.25) is 0 Å². The Kier molecular flexibility index (Phi) is 6.18. The van der Waals surface area contributed by atoms with Crippen LogP contribution in [0.4, 0.5) is 0 Å². The van der Waals surface area contributed by atoms with E-state index in [0.717, 1.165) is 16.7 Å². The van der Waals surface area contributed by atoms with Crippen LogP contribution < -0.4 is 0 Å². The van der Waals surface area contributed by atoms with E-state index in [0.29, 0.717) is 17.5 Å². The van der Waals surface area contributed by atoms with Crippen molar-refractivity contribution < 1.29 is 39.8 Å². The monoisotopic (exact) mass is 410 g/mol. The Morgan fingerprint density at radius 1 is 1.10 bits per heavy atom. The van der Waals surface area contributed by atoms with Gasteiger partial charge in [0.25, 0.3) is 0 Å². The molecule has 162 valence electrons. The van der Waals surface area contributed by atoms with Gasteiger partial charge in [-0.2, -0.15) is 0 Å². The molecule has 1 aromatic carbocycles. The van der Waals surface area contributed by atoms with Gasteiger partial charge in [0.15, 0.2) is 12.1 Å². The predicted molar refractivity (Wildman–Crippen MR) is 102 cm³/mol. The summed E-state index contributed by atoms with van der Waals surface area (Å²) in [4.78, 5) is 12.8. The highest BCUT2D eigenvalue weighted by atomic mass is 16.7. The summed E-state index contributed by atoms with van der Waals surface area (Å²) in [6, 6.07) is 1.84. The lowest BCUT2D eigenvalue weighted by Crippen LogP contribution is -2.59. The molecule has 1 heterocycles. The van der Waals surface area contributed by atoms with Crippen molar-refractivity contribution >= 4 is 5.78 Å². The number of hydrogen-bond donors (Lipinski definition) is 5. The fraction of sp³-hybridized carbons (Fsp3) is 0.667. The maximum absolute atomic E-state index is 12.8. The Morgan fingerprint density at radius 2 is 1.76 bits per heavy atom. The number of Topliss-reactive ketones (excluding diaryl/α,β-unsaturated/α-hetero) is 1. The van der Waals surface area contributed by atoms with Crippen LogP contribution in [0.3, 0.4) is 0 Å². The number of aliphatic hydroxyl groups excluding tert-OH is 5. The summed E-state index contributed by atoms with van der Waals surface area (Å²) in [5.41, 5.74) is 2.96. The summed E-state index contributed by atoms with van der Waals surface area (Å²) in [7, 11) is 0. The molecule has 0 radical (unpaired) electrons. The summed E-state index contributed by atoms with van der Waals surface area (Å²) in [5, 5.41) is 49.5. The fourth-order valence-electron chi connectivity index (χ4n) is 4.27. The lowest BCUT2D eigenvalue weighted by molar-refractivity contribution is -0.300. The molecule has 6 atom stereocenters. The number of ketones is 1. The van der Waals surface area contributed by atoms with Crippen molar-refractivity contribution in [2.75, 3.05) is 13.2 Å². The molecule has 0 aromatic heterocycles. The van der Waals surface area contributed by atoms with E-state index in [-0.39, 0.29) is 12.4 Å². The number of benzene rings is 1. The predicted octanol–water partition coefficient (Wildman–Crippen LogP) is -0.0817. The molecule has 0 spiro atoms. The Labute approximate surface area is 169 Å². The molecule has 1 aliphatic heterocycles. The average molecular weight is 410 g/mol. The van der Waals surface area contributed by atoms with Crippen molar-refractivity contribution in [1.29, 1.82) is 0 Å². The van der Waals surface area contributed by atoms with Crippen molar-refractivity contribution in [1.82, 2.24) is 0 Å². The minimum absolute atomic E-state index is 0.0893. The highest BCUT2D eigenvalue weighted by Crippen LogP contribution is 2.47. The van der Waals surface area contributed by atoms with E-state index in [9.17, 15) is 30.3 Å². The van der Waals surface area contributed by atoms with E-state index < -0.39 is 48.8 Å². The molecule has 8 nitrogen and oxygen atoms in total. The molecule has 0 amide bonds. The van der Waals surface area contributed by atoms with Gasteiger partial charge in [0.1, 0.15) is 24.4 Å². The van der Waals surface area contributed by atoms with Gasteiger partial charge in [-0.25, -0.2) is 0 Å². The minimum Gasteiger partial charge on any atom is -0.394 e. The zero-order chi connectivity index (χ0) is 21.7. The van der Waals surface area contributed by atoms with Gasteiger partial charge in [-0.1, -0.05) is 6.07 Å². The first-order valence-corrected chi connectivity index (χ1v) is 9.80. The smallest absolute Gasteiger partial charge is 0.186 e. The highest BCUT2D eigenvalue weighted by molar-refractivity contribution is 6.06. The number of aliphatic hydroxyl groups is 5. The van der Waals surface area contributed by atoms with Gasteiger partial charge >= 0.3 is 0 Å². The van der Waals surface area contributed by atoms with Crippen LogP contribution in [0.15, 0.2) is 6.07 Å². The Hall–Kier alpha value is -1.39. The van der Waals surface area contributed by atoms with Gasteiger partial charge in [-0.3, -0.25) is 4.79 Å². The topological polar surface area (TPSA) is 137 Å². The number of fused-ring (bicyclic) bond motifs is 1. The lowest BCUT2D eigenvalue weighted by atomic mass is 9.86. The van der Waals surface area contributed by atoms with Crippen molar-refractivity contribution in [3.05, 3.63) is 33.9 Å². The van der Waals surface area contributed by atoms with E-state index in [1.165, 1.54) is 0 Å². The number of aryl methyl sites for hydroxylation is 1. The van der Waals surface area contributed by atoms with E-state index in [1.807, 2.05) is 19.9 Å². The summed E-state index contributed by atoms with van der Waals surface area (Å²) in [6.45, 7) is 6.82. The second kappa shape index (κ2) is 8.03. The Bertz CT molecular complexity index is 787. The third-order valence-corrected chi connectivity index (χ3v) is 6.24. The van der Waals surface area contributed by atoms with Crippen LogP contribution >= 0.6 is 0 Å². The number of rotatable bonds is 5. The van der Waals surface area contributed by atoms with Gasteiger partial charge in [-0.15, -0.1) is 0 Å². The molecule has 5 N–H and O–H groups in total. The molecule has 0 bridgehead atoms. The van der Waals surface area contributed by atoms with Crippen molar-refractivity contribution in [2.45, 2.75) is 70.9 Å². The quantitative estimate of drug-likeness (QED) is 0.455. The Balaban J connectivity index is 1.74. The van der Waals surface area contributed by atoms with Crippen LogP contribution in [0.25, 0.3) is 0 Å². The second-order valence-electron chi connectivity index (χ2n) is 8.53. The van der Waals surface area contributed by atoms with Crippen molar-refractivity contribution in [3.63, 3.8) is 0 Å². The van der Waals surface area contributed by atoms with E-state index in [2.05, 4.69) is 0 Å². The molecule has 1 saturated heterocycles. The highest BCUT2D eigenvalue weighted by Gasteiger charge is 2.47. The molecule has 1 aromatic rings. The summed E-state index contributed by atoms with van der Waals surface area (Å²) >= 11 is 0. The molecular formula is C21H30O8. The van der Waals surface area contributed by atoms with Gasteiger partial charge in [0, 0.05) is 5.56 Å². The number of hydrogen-bond acceptors (Lipinski definition) is 8. The van der Waals surface area contributed by atoms with Crippen molar-refractivity contribution in [3.8, 4) is 0 Å². The van der Waals surface area contributed by atoms with Crippen LogP contribution in [0.5, 0.6) is 0 Å². The molecule has 0 saturated carbocycles. The zero-order valence-corrected chi connectivity index (χ0v) is 17.1. The van der Waals surface area contributed by atoms with Crippen LogP contribution in [-0.4, -0.2) is 75.2 Å². The van der Waals surface area contributed by atoms with Crippen molar-refractivity contribution in [2.24, 2.45) is 5.41 Å². The lowest BCUT2D eigenvalue weighted by Gasteiger charge is -2.39. The van der Waals surface area contributed by atoms with E-state index >= 15 is 0 Å². The molecule has 2 aliphatic rings. The second-order valence-corrected chi connectivity index (χ2v) is 8.53. The van der Waals surface area contributed by atoms with Crippen LogP contribution in [0.2, 0.25) is 0 Å². The van der Waals surface area contributed by atoms with Gasteiger partial charge in [0.05, 0.1) is 24.7 Å². The van der Waals surface area contributed by atoms with Crippen LogP contribution in [-0.2, 0) is 15.9 Å². The first-order valence-electron chi connectivity index (χ1n) is 9.80. The molecule has 1 aliphatic carbocycles. The third kappa shape index (κ3) is 3.63. The third-order valence-electron chi connectivity index (χ3n) is 6.24. The van der Waals surface area contributed by atoms with Crippen LogP contribution in [0, 0.1) is 19.3 Å². The van der Waals surface area contributed by atoms with Crippen LogP contribution in [0.1, 0.15) is 52.6 Å². The molecule has 29 heavy (non-hydrogen) atoms. The SMILES string of the molecule is Cc1cc2c(c(C)c1CCO[C@H]1O[C@@H](CO)[C@H](O)[C@@H](O)[C@@H]1O)C(=O)C(C)(C)[C@H]2O. The number of ether oxygens (including phenoxy) is 2. The largest absolute Gasteiger partial charge is 0.394 e. The maximum Gasteiger partial charge on any atom is 0.186 e. The number of carbonyl (C=O) groups excluding carboxylic acids is 1. The maximum atomic E-state index is 12.8. The standard InChI is InChI=1S/C21H30O8/c1-9-7-12-14(19(27)21(3,4)18(12)26)10(2)11(9)5-6-28-20-17(25)16(24)15(23)13(8-22)29-20/h7,13,15-18,20,22-26H,5-6,8H2,1-4H3/t13-,15-,16+,17-,18-,20-/m0/s1. The van der Waals surface area contributed by atoms with E-state index in [4.69, 9.17) is 9.47 Å². The average Bonchev–Trinajstić information content (AvgIpc) is 2.84. The summed E-state index contributed by atoms with van der Waals surface area (Å²) in [5.74, 6) is -0.0893. The molecular weight excluding hydrogens is 380 g/mol. The molecule has 8 heteroatoms. The molecule has 0 unspecified atom stereocenters. The normalized spacial score (nSPS) is 33.8. The zero-order valence-electron chi connectivity index (χ0n) is 17.1. The van der Waals surface area contributed by atoms with Gasteiger partial charge in [-0.05, 0) is 56.4 Å². The molecule has 1 fully saturated rings. The summed E-state index contributed by atoms with van der Waals surface area (Å²) < 4.78 is 10.9. The molecule has 3 rings (SSSR count). The minimum atomic E-state index is -1.49. The first-order chi connectivity index (χ1) is 13.5. The van der Waals surface area contributed by atoms with Gasteiger partial charge < -0.3 is 35.0 Å². The van der Waals surface area contributed by atoms with E-state index in [1.54, 1.807) is 13.8 Å². The first kappa shape index (κ1) is 22.3. The fourth-order valence-corrected chi connectivity index (χ4v) is 4.27. The Morgan fingerprint density at radius 3 is 2.38 bits per heavy atom. The number of carbonyl (C=O) groups is 1.